The van der Waals surface area contributed by atoms with Gasteiger partial charge in [-0.3, -0.25) is 16.3 Å². The van der Waals surface area contributed by atoms with Crippen LogP contribution in [0.25, 0.3) is 0 Å². The first kappa shape index (κ1) is 12.7. The minimum atomic E-state index is -0.230. The van der Waals surface area contributed by atoms with Gasteiger partial charge >= 0.3 is 0 Å². The third kappa shape index (κ3) is 1.81. The normalized spacial score (nSPS) is 40.0. The van der Waals surface area contributed by atoms with Crippen molar-refractivity contribution >= 4 is 0 Å². The van der Waals surface area contributed by atoms with E-state index in [2.05, 4.69) is 10.4 Å². The molecule has 3 N–H and O–H groups in total. The molecule has 5 rings (SSSR count). The highest BCUT2D eigenvalue weighted by Gasteiger charge is 2.54. The zero-order chi connectivity index (χ0) is 13.7. The van der Waals surface area contributed by atoms with Crippen molar-refractivity contribution in [1.82, 2.24) is 10.4 Å². The lowest BCUT2D eigenvalue weighted by molar-refractivity contribution is -0.0755. The Morgan fingerprint density at radius 3 is 2.30 bits per heavy atom. The van der Waals surface area contributed by atoms with E-state index in [4.69, 9.17) is 5.84 Å². The fourth-order valence-corrected chi connectivity index (χ4v) is 5.75. The lowest BCUT2D eigenvalue weighted by atomic mass is 9.47. The van der Waals surface area contributed by atoms with E-state index in [0.717, 1.165) is 17.8 Å². The topological polar surface area (TPSA) is 50.9 Å². The van der Waals surface area contributed by atoms with Gasteiger partial charge in [-0.1, -0.05) is 0 Å². The molecule has 4 aliphatic rings. The predicted molar refractivity (Wildman–Crippen MR) is 74.9 cm³/mol. The van der Waals surface area contributed by atoms with Crippen LogP contribution in [0.4, 0.5) is 4.39 Å². The van der Waals surface area contributed by atoms with Gasteiger partial charge in [-0.05, 0) is 67.8 Å². The third-order valence-corrected chi connectivity index (χ3v) is 5.98. The van der Waals surface area contributed by atoms with Crippen molar-refractivity contribution in [3.8, 4) is 0 Å². The Hall–Kier alpha value is -1.00. The molecule has 4 aliphatic carbocycles. The highest BCUT2D eigenvalue weighted by Crippen LogP contribution is 2.63. The van der Waals surface area contributed by atoms with E-state index in [1.807, 2.05) is 0 Å². The summed E-state index contributed by atoms with van der Waals surface area (Å²) in [5.41, 5.74) is 3.81. The molecule has 4 heteroatoms. The summed E-state index contributed by atoms with van der Waals surface area (Å²) in [5.74, 6) is 8.13. The summed E-state index contributed by atoms with van der Waals surface area (Å²) >= 11 is 0. The first-order valence-corrected chi connectivity index (χ1v) is 7.76. The summed E-state index contributed by atoms with van der Waals surface area (Å²) in [5, 5.41) is 0. The number of halogens is 1. The van der Waals surface area contributed by atoms with Crippen LogP contribution in [0.15, 0.2) is 18.5 Å². The van der Waals surface area contributed by atoms with Crippen LogP contribution >= 0.6 is 0 Å². The molecule has 0 radical (unpaired) electrons. The molecule has 108 valence electrons. The van der Waals surface area contributed by atoms with E-state index >= 15 is 0 Å². The molecule has 1 atom stereocenters. The van der Waals surface area contributed by atoms with Crippen molar-refractivity contribution in [3.63, 3.8) is 0 Å². The lowest BCUT2D eigenvalue weighted by Crippen LogP contribution is -2.53. The Morgan fingerprint density at radius 2 is 1.80 bits per heavy atom. The number of nitrogens with zero attached hydrogens (tertiary/aromatic N) is 1. The van der Waals surface area contributed by atoms with Crippen LogP contribution in [-0.4, -0.2) is 4.98 Å². The number of pyridine rings is 1. The highest BCUT2D eigenvalue weighted by atomic mass is 19.1. The first-order valence-electron chi connectivity index (χ1n) is 7.76. The second-order valence-corrected chi connectivity index (χ2v) is 7.28. The van der Waals surface area contributed by atoms with E-state index in [-0.39, 0.29) is 17.3 Å². The van der Waals surface area contributed by atoms with E-state index in [9.17, 15) is 4.39 Å². The average molecular weight is 275 g/mol. The van der Waals surface area contributed by atoms with Gasteiger partial charge in [0.15, 0.2) is 0 Å². The quantitative estimate of drug-likeness (QED) is 0.658. The van der Waals surface area contributed by atoms with Crippen LogP contribution in [0.5, 0.6) is 0 Å². The summed E-state index contributed by atoms with van der Waals surface area (Å²) < 4.78 is 14.2. The predicted octanol–water partition coefficient (Wildman–Crippen LogP) is 2.94. The van der Waals surface area contributed by atoms with Crippen LogP contribution in [0, 0.1) is 29.0 Å². The molecule has 0 aromatic carbocycles. The minimum Gasteiger partial charge on any atom is -0.271 e. The second kappa shape index (κ2) is 4.50. The van der Waals surface area contributed by atoms with Gasteiger partial charge in [-0.25, -0.2) is 4.39 Å². The molecule has 3 nitrogen and oxygen atoms in total. The summed E-state index contributed by atoms with van der Waals surface area (Å²) in [6.07, 6.45) is 10.7. The van der Waals surface area contributed by atoms with Crippen molar-refractivity contribution < 1.29 is 4.39 Å². The van der Waals surface area contributed by atoms with Gasteiger partial charge in [0.05, 0.1) is 12.2 Å². The molecule has 1 unspecified atom stereocenters. The van der Waals surface area contributed by atoms with Crippen molar-refractivity contribution in [1.29, 1.82) is 0 Å². The summed E-state index contributed by atoms with van der Waals surface area (Å²) in [4.78, 5) is 3.86. The third-order valence-electron chi connectivity index (χ3n) is 5.98. The van der Waals surface area contributed by atoms with Crippen LogP contribution in [0.2, 0.25) is 0 Å². The van der Waals surface area contributed by atoms with Crippen molar-refractivity contribution in [2.75, 3.05) is 0 Å². The number of hydrogen-bond donors (Lipinski definition) is 2. The van der Waals surface area contributed by atoms with Crippen LogP contribution in [0.3, 0.4) is 0 Å². The van der Waals surface area contributed by atoms with Gasteiger partial charge in [0, 0.05) is 11.8 Å². The maximum absolute atomic E-state index is 14.2. The molecule has 4 bridgehead atoms. The molecule has 0 aliphatic heterocycles. The zero-order valence-corrected chi connectivity index (χ0v) is 11.7. The molecule has 1 aromatic rings. The first-order chi connectivity index (χ1) is 9.70. The van der Waals surface area contributed by atoms with Crippen LogP contribution in [0.1, 0.15) is 50.1 Å². The number of nitrogens with one attached hydrogen (secondary N) is 1. The standard InChI is InChI=1S/C16H22FN3/c17-14-9-19-2-1-13(14)15(20-18)16-6-10-3-11(7-16)5-12(4-10)8-16/h1-2,9-12,15,20H,3-8,18H2. The van der Waals surface area contributed by atoms with E-state index in [1.165, 1.54) is 44.7 Å². The Morgan fingerprint density at radius 1 is 1.20 bits per heavy atom. The highest BCUT2D eigenvalue weighted by molar-refractivity contribution is 5.22. The maximum Gasteiger partial charge on any atom is 0.146 e. The molecule has 1 aromatic heterocycles. The number of nitrogens with two attached hydrogens (primary N) is 1. The average Bonchev–Trinajstić information content (AvgIpc) is 2.40. The van der Waals surface area contributed by atoms with Gasteiger partial charge < -0.3 is 0 Å². The van der Waals surface area contributed by atoms with Crippen molar-refractivity contribution in [3.05, 3.63) is 29.8 Å². The van der Waals surface area contributed by atoms with E-state index in [1.54, 1.807) is 12.3 Å². The van der Waals surface area contributed by atoms with Gasteiger partial charge in [-0.15, -0.1) is 0 Å². The molecule has 0 spiro atoms. The summed E-state index contributed by atoms with van der Waals surface area (Å²) in [7, 11) is 0. The molecule has 0 saturated heterocycles. The Labute approximate surface area is 119 Å². The zero-order valence-electron chi connectivity index (χ0n) is 11.7. The lowest BCUT2D eigenvalue weighted by Gasteiger charge is -2.59. The summed E-state index contributed by atoms with van der Waals surface area (Å²) in [6.45, 7) is 0. The fourth-order valence-electron chi connectivity index (χ4n) is 5.75. The smallest absolute Gasteiger partial charge is 0.146 e. The largest absolute Gasteiger partial charge is 0.271 e. The fraction of sp³-hybridized carbons (Fsp3) is 0.688. The van der Waals surface area contributed by atoms with E-state index < -0.39 is 0 Å². The molecule has 4 saturated carbocycles. The van der Waals surface area contributed by atoms with Gasteiger partial charge in [0.25, 0.3) is 0 Å². The maximum atomic E-state index is 14.2. The molecule has 1 heterocycles. The van der Waals surface area contributed by atoms with Crippen molar-refractivity contribution in [2.45, 2.75) is 44.6 Å². The number of aromatic nitrogens is 1. The Bertz CT molecular complexity index is 481. The second-order valence-electron chi connectivity index (χ2n) is 7.28. The molecule has 0 amide bonds. The number of hydrazine groups is 1. The SMILES string of the molecule is NNC(c1ccncc1F)C12CC3CC(CC(C3)C1)C2. The van der Waals surface area contributed by atoms with Gasteiger partial charge in [0.1, 0.15) is 5.82 Å². The molecule has 4 fully saturated rings. The Kier molecular flexibility index (Phi) is 2.86. The van der Waals surface area contributed by atoms with Gasteiger partial charge in [-0.2, -0.15) is 0 Å². The minimum absolute atomic E-state index is 0.0705. The molecule has 20 heavy (non-hydrogen) atoms. The number of rotatable bonds is 3. The van der Waals surface area contributed by atoms with Crippen LogP contribution < -0.4 is 11.3 Å². The molecular formula is C16H22FN3. The summed E-state index contributed by atoms with van der Waals surface area (Å²) in [6, 6.07) is 1.72. The van der Waals surface area contributed by atoms with Crippen LogP contribution in [-0.2, 0) is 0 Å². The molecular weight excluding hydrogens is 253 g/mol. The van der Waals surface area contributed by atoms with Crippen molar-refractivity contribution in [2.24, 2.45) is 29.0 Å². The monoisotopic (exact) mass is 275 g/mol. The van der Waals surface area contributed by atoms with Gasteiger partial charge in [0.2, 0.25) is 0 Å². The van der Waals surface area contributed by atoms with E-state index in [0.29, 0.717) is 5.56 Å². The number of hydrogen-bond acceptors (Lipinski definition) is 3. The Balaban J connectivity index is 1.73.